The first-order chi connectivity index (χ1) is 8.77. The number of furan rings is 1. The molecule has 0 aliphatic carbocycles. The van der Waals surface area contributed by atoms with Gasteiger partial charge in [0.25, 0.3) is 5.91 Å². The van der Waals surface area contributed by atoms with Gasteiger partial charge in [-0.05, 0) is 31.7 Å². The molecule has 0 radical (unpaired) electrons. The van der Waals surface area contributed by atoms with E-state index < -0.39 is 0 Å². The van der Waals surface area contributed by atoms with Gasteiger partial charge >= 0.3 is 0 Å². The molecule has 1 aliphatic rings. The third-order valence-corrected chi connectivity index (χ3v) is 4.17. The highest BCUT2D eigenvalue weighted by atomic mass is 79.9. The molecule has 1 atom stereocenters. The normalized spacial score (nSPS) is 19.4. The Bertz CT molecular complexity index is 402. The van der Waals surface area contributed by atoms with Gasteiger partial charge in [-0.3, -0.25) is 4.79 Å². The lowest BCUT2D eigenvalue weighted by Crippen LogP contribution is -2.35. The van der Waals surface area contributed by atoms with Gasteiger partial charge in [0.1, 0.15) is 5.76 Å². The lowest BCUT2D eigenvalue weighted by Gasteiger charge is -2.24. The predicted molar refractivity (Wildman–Crippen MR) is 75.2 cm³/mol. The van der Waals surface area contributed by atoms with E-state index in [4.69, 9.17) is 4.42 Å². The maximum Gasteiger partial charge on any atom is 0.257 e. The van der Waals surface area contributed by atoms with E-state index in [0.29, 0.717) is 6.04 Å². The Labute approximate surface area is 117 Å². The molecule has 3 nitrogen and oxygen atoms in total. The molecule has 4 heteroatoms. The molecule has 2 heterocycles. The Kier molecular flexibility index (Phi) is 4.87. The third-order valence-electron chi connectivity index (χ3n) is 3.61. The van der Waals surface area contributed by atoms with Crippen molar-refractivity contribution in [2.75, 3.05) is 11.9 Å². The number of aryl methyl sites for hydroxylation is 1. The molecule has 1 amide bonds. The minimum Gasteiger partial charge on any atom is -0.469 e. The minimum atomic E-state index is 0.151. The van der Waals surface area contributed by atoms with E-state index in [1.807, 2.05) is 11.8 Å². The number of amides is 1. The zero-order valence-corrected chi connectivity index (χ0v) is 12.4. The molecule has 2 rings (SSSR count). The summed E-state index contributed by atoms with van der Waals surface area (Å²) in [7, 11) is 0. The van der Waals surface area contributed by atoms with Crippen molar-refractivity contribution in [3.8, 4) is 0 Å². The highest BCUT2D eigenvalue weighted by molar-refractivity contribution is 9.09. The molecular formula is C14H20BrNO2. The average molecular weight is 314 g/mol. The van der Waals surface area contributed by atoms with E-state index in [1.54, 1.807) is 12.3 Å². The Balaban J connectivity index is 2.08. The zero-order valence-electron chi connectivity index (χ0n) is 10.8. The number of nitrogens with zero attached hydrogens (tertiary/aromatic N) is 1. The summed E-state index contributed by atoms with van der Waals surface area (Å²) in [6.07, 6.45) is 6.87. The fourth-order valence-corrected chi connectivity index (χ4v) is 3.00. The Morgan fingerprint density at radius 3 is 3.17 bits per heavy atom. The largest absolute Gasteiger partial charge is 0.469 e. The molecule has 1 aliphatic heterocycles. The highest BCUT2D eigenvalue weighted by Crippen LogP contribution is 2.25. The van der Waals surface area contributed by atoms with Crippen molar-refractivity contribution in [2.45, 2.75) is 45.1 Å². The number of likely N-dealkylation sites (tertiary alicyclic amines) is 1. The van der Waals surface area contributed by atoms with Crippen LogP contribution in [0.4, 0.5) is 0 Å². The van der Waals surface area contributed by atoms with Crippen LogP contribution in [0.3, 0.4) is 0 Å². The van der Waals surface area contributed by atoms with Crippen molar-refractivity contribution >= 4 is 21.8 Å². The fourth-order valence-electron chi connectivity index (χ4n) is 2.68. The average Bonchev–Trinajstić information content (AvgIpc) is 3.03. The van der Waals surface area contributed by atoms with Gasteiger partial charge in [0.15, 0.2) is 0 Å². The topological polar surface area (TPSA) is 33.5 Å². The second-order valence-electron chi connectivity index (χ2n) is 4.74. The summed E-state index contributed by atoms with van der Waals surface area (Å²) in [4.78, 5) is 14.5. The van der Waals surface area contributed by atoms with Crippen molar-refractivity contribution < 1.29 is 9.21 Å². The van der Waals surface area contributed by atoms with E-state index in [1.165, 1.54) is 0 Å². The molecule has 18 heavy (non-hydrogen) atoms. The summed E-state index contributed by atoms with van der Waals surface area (Å²) in [5.74, 6) is 0.962. The lowest BCUT2D eigenvalue weighted by molar-refractivity contribution is 0.0728. The lowest BCUT2D eigenvalue weighted by atomic mass is 10.1. The van der Waals surface area contributed by atoms with E-state index in [9.17, 15) is 4.79 Å². The van der Waals surface area contributed by atoms with E-state index in [-0.39, 0.29) is 5.91 Å². The summed E-state index contributed by atoms with van der Waals surface area (Å²) in [5.41, 5.74) is 0.753. The van der Waals surface area contributed by atoms with Crippen molar-refractivity contribution in [3.05, 3.63) is 23.7 Å². The van der Waals surface area contributed by atoms with Gasteiger partial charge in [-0.15, -0.1) is 0 Å². The minimum absolute atomic E-state index is 0.151. The van der Waals surface area contributed by atoms with Crippen molar-refractivity contribution in [3.63, 3.8) is 0 Å². The summed E-state index contributed by atoms with van der Waals surface area (Å²) in [6, 6.07) is 2.22. The van der Waals surface area contributed by atoms with E-state index in [2.05, 4.69) is 15.9 Å². The summed E-state index contributed by atoms with van der Waals surface area (Å²) in [6.45, 7) is 2.90. The molecule has 0 bridgehead atoms. The van der Waals surface area contributed by atoms with Gasteiger partial charge in [-0.25, -0.2) is 0 Å². The van der Waals surface area contributed by atoms with Crippen LogP contribution in [0.5, 0.6) is 0 Å². The molecule has 1 unspecified atom stereocenters. The smallest absolute Gasteiger partial charge is 0.257 e. The van der Waals surface area contributed by atoms with Crippen molar-refractivity contribution in [1.29, 1.82) is 0 Å². The zero-order chi connectivity index (χ0) is 13.0. The third kappa shape index (κ3) is 2.79. The molecular weight excluding hydrogens is 294 g/mol. The SMILES string of the molecule is CCc1occc1C(=O)N1CCCC1CCCBr. The van der Waals surface area contributed by atoms with Crippen LogP contribution >= 0.6 is 15.9 Å². The van der Waals surface area contributed by atoms with Gasteiger partial charge in [0, 0.05) is 24.3 Å². The van der Waals surface area contributed by atoms with Gasteiger partial charge in [-0.2, -0.15) is 0 Å². The van der Waals surface area contributed by atoms with Crippen molar-refractivity contribution in [2.24, 2.45) is 0 Å². The molecule has 0 N–H and O–H groups in total. The maximum atomic E-state index is 12.5. The second kappa shape index (κ2) is 6.41. The Hall–Kier alpha value is -0.770. The molecule has 1 aromatic rings. The Morgan fingerprint density at radius 1 is 1.61 bits per heavy atom. The highest BCUT2D eigenvalue weighted by Gasteiger charge is 2.30. The first-order valence-corrected chi connectivity index (χ1v) is 7.83. The molecule has 1 saturated heterocycles. The fraction of sp³-hybridized carbons (Fsp3) is 0.643. The van der Waals surface area contributed by atoms with Crippen LogP contribution in [-0.2, 0) is 6.42 Å². The summed E-state index contributed by atoms with van der Waals surface area (Å²) >= 11 is 3.46. The van der Waals surface area contributed by atoms with Crippen LogP contribution in [0.1, 0.15) is 48.7 Å². The van der Waals surface area contributed by atoms with Crippen LogP contribution in [0, 0.1) is 0 Å². The molecule has 1 fully saturated rings. The number of rotatable bonds is 5. The first kappa shape index (κ1) is 13.7. The number of halogens is 1. The molecule has 0 saturated carbocycles. The molecule has 0 aromatic carbocycles. The standard InChI is InChI=1S/C14H20BrNO2/c1-2-13-12(7-10-18-13)14(17)16-9-4-6-11(16)5-3-8-15/h7,10-11H,2-6,8-9H2,1H3. The van der Waals surface area contributed by atoms with Crippen molar-refractivity contribution in [1.82, 2.24) is 4.90 Å². The maximum absolute atomic E-state index is 12.5. The number of carbonyl (C=O) groups excluding carboxylic acids is 1. The van der Waals surface area contributed by atoms with Crippen LogP contribution in [0.25, 0.3) is 0 Å². The van der Waals surface area contributed by atoms with Crippen LogP contribution in [-0.4, -0.2) is 28.7 Å². The van der Waals surface area contributed by atoms with Gasteiger partial charge in [0.2, 0.25) is 0 Å². The van der Waals surface area contributed by atoms with Crippen LogP contribution in [0.2, 0.25) is 0 Å². The first-order valence-electron chi connectivity index (χ1n) is 6.71. The van der Waals surface area contributed by atoms with Gasteiger partial charge < -0.3 is 9.32 Å². The monoisotopic (exact) mass is 313 g/mol. The van der Waals surface area contributed by atoms with E-state index in [0.717, 1.165) is 55.3 Å². The summed E-state index contributed by atoms with van der Waals surface area (Å²) in [5, 5.41) is 1.01. The number of carbonyl (C=O) groups is 1. The van der Waals surface area contributed by atoms with Gasteiger partial charge in [-0.1, -0.05) is 22.9 Å². The molecule has 100 valence electrons. The summed E-state index contributed by atoms with van der Waals surface area (Å²) < 4.78 is 5.36. The number of alkyl halides is 1. The number of hydrogen-bond acceptors (Lipinski definition) is 2. The van der Waals surface area contributed by atoms with Crippen LogP contribution < -0.4 is 0 Å². The van der Waals surface area contributed by atoms with Gasteiger partial charge in [0.05, 0.1) is 11.8 Å². The predicted octanol–water partition coefficient (Wildman–Crippen LogP) is 3.62. The quantitative estimate of drug-likeness (QED) is 0.778. The van der Waals surface area contributed by atoms with Crippen LogP contribution in [0.15, 0.2) is 16.7 Å². The molecule has 0 spiro atoms. The Morgan fingerprint density at radius 2 is 2.44 bits per heavy atom. The second-order valence-corrected chi connectivity index (χ2v) is 5.53. The molecule has 1 aromatic heterocycles. The number of hydrogen-bond donors (Lipinski definition) is 0. The van der Waals surface area contributed by atoms with E-state index >= 15 is 0 Å².